The van der Waals surface area contributed by atoms with E-state index in [1.165, 1.54) is 4.90 Å². The third-order valence-electron chi connectivity index (χ3n) is 2.96. The number of amides is 2. The van der Waals surface area contributed by atoms with Crippen molar-refractivity contribution in [3.05, 3.63) is 0 Å². The number of carbonyl (C=O) groups is 2. The maximum atomic E-state index is 11.9. The standard InChI is InChI=1S/C11H20N2O5/c1-11(2,9(15)16)7-12-10(17)13-3-4-18-6-8(13)5-14/h8,14H,3-7H2,1-2H3,(H,12,17)(H,15,16). The molecule has 1 atom stereocenters. The molecule has 3 N–H and O–H groups in total. The minimum absolute atomic E-state index is 0.0384. The van der Waals surface area contributed by atoms with Gasteiger partial charge in [0.2, 0.25) is 0 Å². The van der Waals surface area contributed by atoms with Crippen LogP contribution in [0.2, 0.25) is 0 Å². The number of nitrogens with zero attached hydrogens (tertiary/aromatic N) is 1. The van der Waals surface area contributed by atoms with Gasteiger partial charge in [0.25, 0.3) is 0 Å². The zero-order valence-electron chi connectivity index (χ0n) is 10.7. The highest BCUT2D eigenvalue weighted by Crippen LogP contribution is 2.14. The van der Waals surface area contributed by atoms with E-state index in [9.17, 15) is 9.59 Å². The van der Waals surface area contributed by atoms with Crippen LogP contribution < -0.4 is 5.32 Å². The number of carboxylic acid groups (broad SMARTS) is 1. The van der Waals surface area contributed by atoms with Gasteiger partial charge in [-0.3, -0.25) is 4.79 Å². The summed E-state index contributed by atoms with van der Waals surface area (Å²) in [7, 11) is 0. The molecule has 18 heavy (non-hydrogen) atoms. The molecule has 1 saturated heterocycles. The van der Waals surface area contributed by atoms with E-state index in [0.717, 1.165) is 0 Å². The molecule has 1 unspecified atom stereocenters. The minimum Gasteiger partial charge on any atom is -0.481 e. The van der Waals surface area contributed by atoms with Crippen molar-refractivity contribution < 1.29 is 24.5 Å². The smallest absolute Gasteiger partial charge is 0.317 e. The number of aliphatic hydroxyl groups excluding tert-OH is 1. The highest BCUT2D eigenvalue weighted by molar-refractivity contribution is 5.77. The van der Waals surface area contributed by atoms with Crippen LogP contribution in [0, 0.1) is 5.41 Å². The third kappa shape index (κ3) is 3.58. The molecule has 0 radical (unpaired) electrons. The van der Waals surface area contributed by atoms with Gasteiger partial charge in [0, 0.05) is 13.1 Å². The fourth-order valence-corrected chi connectivity index (χ4v) is 1.55. The van der Waals surface area contributed by atoms with Crippen molar-refractivity contribution in [1.82, 2.24) is 10.2 Å². The van der Waals surface area contributed by atoms with Gasteiger partial charge in [0.15, 0.2) is 0 Å². The Morgan fingerprint density at radius 3 is 2.72 bits per heavy atom. The van der Waals surface area contributed by atoms with E-state index < -0.39 is 11.4 Å². The number of carbonyl (C=O) groups excluding carboxylic acids is 1. The molecule has 1 aliphatic heterocycles. The number of rotatable bonds is 4. The van der Waals surface area contributed by atoms with Crippen LogP contribution in [0.4, 0.5) is 4.79 Å². The lowest BCUT2D eigenvalue weighted by Crippen LogP contribution is -2.55. The highest BCUT2D eigenvalue weighted by Gasteiger charge is 2.31. The van der Waals surface area contributed by atoms with E-state index in [-0.39, 0.29) is 25.2 Å². The Labute approximate surface area is 106 Å². The number of nitrogens with one attached hydrogen (secondary N) is 1. The minimum atomic E-state index is -1.02. The van der Waals surface area contributed by atoms with Gasteiger partial charge in [-0.15, -0.1) is 0 Å². The number of carboxylic acids is 1. The van der Waals surface area contributed by atoms with Gasteiger partial charge in [-0.25, -0.2) is 4.79 Å². The van der Waals surface area contributed by atoms with Gasteiger partial charge in [-0.1, -0.05) is 0 Å². The number of aliphatic hydroxyl groups is 1. The number of aliphatic carboxylic acids is 1. The lowest BCUT2D eigenvalue weighted by atomic mass is 9.94. The predicted molar refractivity (Wildman–Crippen MR) is 63.2 cm³/mol. The molecule has 0 aromatic carbocycles. The van der Waals surface area contributed by atoms with Gasteiger partial charge in [0.05, 0.1) is 31.3 Å². The van der Waals surface area contributed by atoms with Crippen molar-refractivity contribution in [2.75, 3.05) is 32.9 Å². The molecule has 0 aromatic heterocycles. The van der Waals surface area contributed by atoms with Crippen molar-refractivity contribution in [2.24, 2.45) is 5.41 Å². The first-order valence-electron chi connectivity index (χ1n) is 5.85. The molecule has 104 valence electrons. The Hall–Kier alpha value is -1.34. The van der Waals surface area contributed by atoms with Crippen molar-refractivity contribution in [3.63, 3.8) is 0 Å². The molecule has 0 saturated carbocycles. The highest BCUT2D eigenvalue weighted by atomic mass is 16.5. The summed E-state index contributed by atoms with van der Waals surface area (Å²) in [6.45, 7) is 4.06. The van der Waals surface area contributed by atoms with Gasteiger partial charge >= 0.3 is 12.0 Å². The van der Waals surface area contributed by atoms with Gasteiger partial charge in [0.1, 0.15) is 0 Å². The second-order valence-electron chi connectivity index (χ2n) is 4.95. The maximum Gasteiger partial charge on any atom is 0.317 e. The number of hydrogen-bond donors (Lipinski definition) is 3. The van der Waals surface area contributed by atoms with Crippen LogP contribution in [-0.2, 0) is 9.53 Å². The maximum absolute atomic E-state index is 11.9. The zero-order chi connectivity index (χ0) is 13.8. The average molecular weight is 260 g/mol. The molecule has 1 heterocycles. The predicted octanol–water partition coefficient (Wildman–Crippen LogP) is -0.500. The van der Waals surface area contributed by atoms with Crippen LogP contribution in [0.3, 0.4) is 0 Å². The molecule has 0 spiro atoms. The molecule has 0 aromatic rings. The number of hydrogen-bond acceptors (Lipinski definition) is 4. The number of ether oxygens (including phenoxy) is 1. The summed E-state index contributed by atoms with van der Waals surface area (Å²) in [5, 5.41) is 20.6. The van der Waals surface area contributed by atoms with Gasteiger partial charge < -0.3 is 25.2 Å². The van der Waals surface area contributed by atoms with Crippen LogP contribution in [0.5, 0.6) is 0 Å². The average Bonchev–Trinajstić information content (AvgIpc) is 2.35. The second kappa shape index (κ2) is 6.01. The lowest BCUT2D eigenvalue weighted by Gasteiger charge is -2.35. The molecule has 1 aliphatic rings. The molecular formula is C11H20N2O5. The van der Waals surface area contributed by atoms with Crippen LogP contribution in [0.1, 0.15) is 13.8 Å². The topological polar surface area (TPSA) is 99.1 Å². The fourth-order valence-electron chi connectivity index (χ4n) is 1.55. The first-order valence-corrected chi connectivity index (χ1v) is 5.85. The van der Waals surface area contributed by atoms with Gasteiger partial charge in [-0.2, -0.15) is 0 Å². The monoisotopic (exact) mass is 260 g/mol. The van der Waals surface area contributed by atoms with Crippen LogP contribution >= 0.6 is 0 Å². The Balaban J connectivity index is 2.51. The van der Waals surface area contributed by atoms with E-state index in [0.29, 0.717) is 19.8 Å². The molecule has 2 amide bonds. The summed E-state index contributed by atoms with van der Waals surface area (Å²) in [5.74, 6) is -0.969. The van der Waals surface area contributed by atoms with Crippen molar-refractivity contribution in [2.45, 2.75) is 19.9 Å². The normalized spacial score (nSPS) is 20.6. The molecular weight excluding hydrogens is 240 g/mol. The van der Waals surface area contributed by atoms with E-state index in [1.54, 1.807) is 13.8 Å². The lowest BCUT2D eigenvalue weighted by molar-refractivity contribution is -0.146. The summed E-state index contributed by atoms with van der Waals surface area (Å²) in [6.07, 6.45) is 0. The number of urea groups is 1. The summed E-state index contributed by atoms with van der Waals surface area (Å²) >= 11 is 0. The summed E-state index contributed by atoms with van der Waals surface area (Å²) in [5.41, 5.74) is -1.02. The Morgan fingerprint density at radius 2 is 2.17 bits per heavy atom. The molecule has 7 heteroatoms. The number of morpholine rings is 1. The SMILES string of the molecule is CC(C)(CNC(=O)N1CCOCC1CO)C(=O)O. The van der Waals surface area contributed by atoms with E-state index >= 15 is 0 Å². The van der Waals surface area contributed by atoms with Gasteiger partial charge in [-0.05, 0) is 13.8 Å². The van der Waals surface area contributed by atoms with Crippen LogP contribution in [0.25, 0.3) is 0 Å². The second-order valence-corrected chi connectivity index (χ2v) is 4.95. The summed E-state index contributed by atoms with van der Waals surface area (Å²) < 4.78 is 5.16. The van der Waals surface area contributed by atoms with E-state index in [2.05, 4.69) is 5.32 Å². The van der Waals surface area contributed by atoms with E-state index in [1.807, 2.05) is 0 Å². The van der Waals surface area contributed by atoms with E-state index in [4.69, 9.17) is 14.9 Å². The molecule has 1 rings (SSSR count). The first kappa shape index (κ1) is 14.7. The molecule has 0 aliphatic carbocycles. The van der Waals surface area contributed by atoms with Crippen LogP contribution in [-0.4, -0.2) is 66.1 Å². The molecule has 7 nitrogen and oxygen atoms in total. The summed E-state index contributed by atoms with van der Waals surface area (Å²) in [6, 6.07) is -0.738. The fraction of sp³-hybridized carbons (Fsp3) is 0.818. The largest absolute Gasteiger partial charge is 0.481 e. The quantitative estimate of drug-likeness (QED) is 0.633. The third-order valence-corrected chi connectivity index (χ3v) is 2.96. The van der Waals surface area contributed by atoms with Crippen molar-refractivity contribution in [3.8, 4) is 0 Å². The molecule has 1 fully saturated rings. The Kier molecular flexibility index (Phi) is 4.92. The molecule has 0 bridgehead atoms. The van der Waals surface area contributed by atoms with Crippen molar-refractivity contribution >= 4 is 12.0 Å². The Morgan fingerprint density at radius 1 is 1.50 bits per heavy atom. The van der Waals surface area contributed by atoms with Crippen molar-refractivity contribution in [1.29, 1.82) is 0 Å². The first-order chi connectivity index (χ1) is 8.38. The Bertz CT molecular complexity index is 319. The van der Waals surface area contributed by atoms with Crippen LogP contribution in [0.15, 0.2) is 0 Å². The zero-order valence-corrected chi connectivity index (χ0v) is 10.7. The summed E-state index contributed by atoms with van der Waals surface area (Å²) in [4.78, 5) is 24.3.